The number of carbonyl (C=O) groups is 1. The zero-order valence-corrected chi connectivity index (χ0v) is 12.3. The summed E-state index contributed by atoms with van der Waals surface area (Å²) in [5, 5.41) is 5.94. The molecule has 0 aliphatic carbocycles. The van der Waals surface area contributed by atoms with E-state index in [1.165, 1.54) is 0 Å². The van der Waals surface area contributed by atoms with E-state index >= 15 is 0 Å². The van der Waals surface area contributed by atoms with Crippen LogP contribution in [0, 0.1) is 0 Å². The van der Waals surface area contributed by atoms with E-state index in [1.54, 1.807) is 6.20 Å². The average Bonchev–Trinajstić information content (AvgIpc) is 2.60. The minimum absolute atomic E-state index is 0.00943. The maximum Gasteiger partial charge on any atom is 0.263 e. The van der Waals surface area contributed by atoms with E-state index in [0.29, 0.717) is 31.3 Å². The number of carbonyl (C=O) groups excluding carboxylic acids is 1. The highest BCUT2D eigenvalue weighted by Gasteiger charge is 2.18. The minimum Gasteiger partial charge on any atom is -0.486 e. The van der Waals surface area contributed by atoms with Crippen molar-refractivity contribution in [1.29, 1.82) is 0 Å². The third-order valence-electron chi connectivity index (χ3n) is 3.60. The molecule has 0 unspecified atom stereocenters. The van der Waals surface area contributed by atoms with Crippen LogP contribution in [-0.4, -0.2) is 30.7 Å². The van der Waals surface area contributed by atoms with Gasteiger partial charge in [0.25, 0.3) is 5.91 Å². The van der Waals surface area contributed by atoms with E-state index in [4.69, 9.17) is 14.2 Å². The van der Waals surface area contributed by atoms with Crippen molar-refractivity contribution in [1.82, 2.24) is 4.98 Å². The number of benzene rings is 1. The summed E-state index contributed by atoms with van der Waals surface area (Å²) in [6, 6.07) is 7.64. The Balaban J connectivity index is 1.51. The molecule has 1 aromatic heterocycles. The van der Waals surface area contributed by atoms with Crippen molar-refractivity contribution in [3.05, 3.63) is 36.0 Å². The first-order chi connectivity index (χ1) is 11.3. The van der Waals surface area contributed by atoms with Gasteiger partial charge >= 0.3 is 0 Å². The van der Waals surface area contributed by atoms with Gasteiger partial charge in [-0.25, -0.2) is 4.98 Å². The Labute approximate surface area is 132 Å². The second-order valence-electron chi connectivity index (χ2n) is 5.20. The molecule has 1 amide bonds. The largest absolute Gasteiger partial charge is 0.486 e. The normalized spacial score (nSPS) is 15.2. The molecule has 2 N–H and O–H groups in total. The van der Waals surface area contributed by atoms with Crippen molar-refractivity contribution < 1.29 is 19.0 Å². The first-order valence-corrected chi connectivity index (χ1v) is 7.34. The van der Waals surface area contributed by atoms with E-state index < -0.39 is 0 Å². The average molecular weight is 313 g/mol. The standard InChI is InChI=1S/C16H15N3O4/c20-14-9-23-13-6-11(8-18-16(13)19-14)17-7-10-2-1-3-12-15(10)22-5-4-21-12/h1-3,6,8,17H,4-5,7,9H2,(H,18,19,20). The lowest BCUT2D eigenvalue weighted by atomic mass is 10.1. The summed E-state index contributed by atoms with van der Waals surface area (Å²) in [6.07, 6.45) is 1.65. The summed E-state index contributed by atoms with van der Waals surface area (Å²) in [5.74, 6) is 2.36. The van der Waals surface area contributed by atoms with Crippen LogP contribution in [0.5, 0.6) is 17.2 Å². The molecule has 2 aromatic rings. The van der Waals surface area contributed by atoms with Gasteiger partial charge in [0.2, 0.25) is 0 Å². The van der Waals surface area contributed by atoms with Gasteiger partial charge in [-0.1, -0.05) is 12.1 Å². The second-order valence-corrected chi connectivity index (χ2v) is 5.20. The molecule has 1 aromatic carbocycles. The number of aromatic nitrogens is 1. The van der Waals surface area contributed by atoms with Gasteiger partial charge in [0.05, 0.1) is 11.9 Å². The quantitative estimate of drug-likeness (QED) is 0.899. The predicted molar refractivity (Wildman–Crippen MR) is 83.1 cm³/mol. The number of hydrogen-bond donors (Lipinski definition) is 2. The van der Waals surface area contributed by atoms with Gasteiger partial charge in [-0.3, -0.25) is 4.79 Å². The Morgan fingerprint density at radius 1 is 1.17 bits per heavy atom. The van der Waals surface area contributed by atoms with Gasteiger partial charge in [0.15, 0.2) is 29.7 Å². The van der Waals surface area contributed by atoms with Crippen molar-refractivity contribution in [2.45, 2.75) is 6.54 Å². The lowest BCUT2D eigenvalue weighted by Crippen LogP contribution is -2.26. The molecule has 0 bridgehead atoms. The lowest BCUT2D eigenvalue weighted by molar-refractivity contribution is -0.118. The summed E-state index contributed by atoms with van der Waals surface area (Å²) in [4.78, 5) is 15.4. The number of pyridine rings is 1. The molecular formula is C16H15N3O4. The fraction of sp³-hybridized carbons (Fsp3) is 0.250. The molecule has 0 spiro atoms. The molecule has 2 aliphatic heterocycles. The Morgan fingerprint density at radius 3 is 3.04 bits per heavy atom. The fourth-order valence-electron chi connectivity index (χ4n) is 2.53. The molecule has 0 saturated carbocycles. The van der Waals surface area contributed by atoms with Crippen LogP contribution in [0.4, 0.5) is 11.5 Å². The first kappa shape index (κ1) is 13.7. The summed E-state index contributed by atoms with van der Waals surface area (Å²) in [7, 11) is 0. The molecule has 7 nitrogen and oxygen atoms in total. The van der Waals surface area contributed by atoms with Gasteiger partial charge in [-0.15, -0.1) is 0 Å². The SMILES string of the molecule is O=C1COc2cc(NCc3cccc4c3OCCO4)cnc2N1. The van der Waals surface area contributed by atoms with Crippen LogP contribution >= 0.6 is 0 Å². The van der Waals surface area contributed by atoms with E-state index in [2.05, 4.69) is 15.6 Å². The molecule has 0 radical (unpaired) electrons. The topological polar surface area (TPSA) is 81.7 Å². The third-order valence-corrected chi connectivity index (χ3v) is 3.60. The highest BCUT2D eigenvalue weighted by molar-refractivity contribution is 5.94. The van der Waals surface area contributed by atoms with Crippen LogP contribution in [0.3, 0.4) is 0 Å². The van der Waals surface area contributed by atoms with Gasteiger partial charge < -0.3 is 24.8 Å². The number of rotatable bonds is 3. The van der Waals surface area contributed by atoms with Crippen LogP contribution < -0.4 is 24.8 Å². The number of nitrogens with one attached hydrogen (secondary N) is 2. The minimum atomic E-state index is -0.196. The van der Waals surface area contributed by atoms with E-state index in [0.717, 1.165) is 22.7 Å². The van der Waals surface area contributed by atoms with Crippen LogP contribution in [-0.2, 0) is 11.3 Å². The smallest absolute Gasteiger partial charge is 0.263 e. The van der Waals surface area contributed by atoms with E-state index in [9.17, 15) is 4.79 Å². The van der Waals surface area contributed by atoms with Crippen molar-refractivity contribution in [3.8, 4) is 17.2 Å². The van der Waals surface area contributed by atoms with E-state index in [1.807, 2.05) is 24.3 Å². The van der Waals surface area contributed by atoms with E-state index in [-0.39, 0.29) is 12.5 Å². The molecular weight excluding hydrogens is 298 g/mol. The number of para-hydroxylation sites is 1. The number of amides is 1. The molecule has 3 heterocycles. The number of hydrogen-bond acceptors (Lipinski definition) is 6. The molecule has 4 rings (SSSR count). The van der Waals surface area contributed by atoms with Crippen molar-refractivity contribution in [2.75, 3.05) is 30.5 Å². The highest BCUT2D eigenvalue weighted by Crippen LogP contribution is 2.34. The first-order valence-electron chi connectivity index (χ1n) is 7.34. The molecule has 0 saturated heterocycles. The molecule has 2 aliphatic rings. The maximum atomic E-state index is 11.2. The predicted octanol–water partition coefficient (Wildman–Crippen LogP) is 1.80. The molecule has 23 heavy (non-hydrogen) atoms. The van der Waals surface area contributed by atoms with Crippen molar-refractivity contribution in [3.63, 3.8) is 0 Å². The maximum absolute atomic E-state index is 11.2. The Kier molecular flexibility index (Phi) is 3.38. The van der Waals surface area contributed by atoms with Crippen LogP contribution in [0.25, 0.3) is 0 Å². The van der Waals surface area contributed by atoms with Crippen LogP contribution in [0.2, 0.25) is 0 Å². The van der Waals surface area contributed by atoms with Gasteiger partial charge in [-0.2, -0.15) is 0 Å². The van der Waals surface area contributed by atoms with Gasteiger partial charge in [0, 0.05) is 18.2 Å². The Hall–Kier alpha value is -2.96. The molecule has 0 atom stereocenters. The summed E-state index contributed by atoms with van der Waals surface area (Å²) < 4.78 is 16.6. The molecule has 118 valence electrons. The zero-order chi connectivity index (χ0) is 15.6. The number of ether oxygens (including phenoxy) is 3. The highest BCUT2D eigenvalue weighted by atomic mass is 16.6. The number of anilines is 2. The van der Waals surface area contributed by atoms with Gasteiger partial charge in [-0.05, 0) is 6.07 Å². The number of nitrogens with zero attached hydrogens (tertiary/aromatic N) is 1. The Bertz CT molecular complexity index is 763. The van der Waals surface area contributed by atoms with Gasteiger partial charge in [0.1, 0.15) is 13.2 Å². The number of fused-ring (bicyclic) bond motifs is 2. The van der Waals surface area contributed by atoms with Crippen LogP contribution in [0.1, 0.15) is 5.56 Å². The second kappa shape index (κ2) is 5.68. The molecule has 7 heteroatoms. The fourth-order valence-corrected chi connectivity index (χ4v) is 2.53. The van der Waals surface area contributed by atoms with Crippen molar-refractivity contribution in [2.24, 2.45) is 0 Å². The zero-order valence-electron chi connectivity index (χ0n) is 12.3. The molecule has 0 fully saturated rings. The van der Waals surface area contributed by atoms with Crippen molar-refractivity contribution >= 4 is 17.4 Å². The summed E-state index contributed by atoms with van der Waals surface area (Å²) >= 11 is 0. The summed E-state index contributed by atoms with van der Waals surface area (Å²) in [6.45, 7) is 1.70. The Morgan fingerprint density at radius 2 is 2.09 bits per heavy atom. The van der Waals surface area contributed by atoms with Crippen LogP contribution in [0.15, 0.2) is 30.5 Å². The summed E-state index contributed by atoms with van der Waals surface area (Å²) in [5.41, 5.74) is 1.81. The monoisotopic (exact) mass is 313 g/mol. The lowest BCUT2D eigenvalue weighted by Gasteiger charge is -2.21. The third kappa shape index (κ3) is 2.73.